The van der Waals surface area contributed by atoms with Crippen LogP contribution >= 0.6 is 0 Å². The van der Waals surface area contributed by atoms with Crippen LogP contribution in [0.15, 0.2) is 24.3 Å². The van der Waals surface area contributed by atoms with Gasteiger partial charge in [-0.05, 0) is 44.0 Å². The van der Waals surface area contributed by atoms with Crippen LogP contribution in [0.3, 0.4) is 0 Å². The van der Waals surface area contributed by atoms with Gasteiger partial charge in [0, 0.05) is 49.4 Å². The molecule has 2 aromatic rings. The van der Waals surface area contributed by atoms with Crippen LogP contribution in [0.5, 0.6) is 0 Å². The van der Waals surface area contributed by atoms with Gasteiger partial charge >= 0.3 is 6.03 Å². The molecule has 4 rings (SSSR count). The Morgan fingerprint density at radius 3 is 2.52 bits per heavy atom. The fraction of sp³-hybridized carbons (Fsp3) is 0.500. The number of nitrogens with one attached hydrogen (secondary N) is 2. The largest absolute Gasteiger partial charge is 0.378 e. The highest BCUT2D eigenvalue weighted by Gasteiger charge is 2.28. The summed E-state index contributed by atoms with van der Waals surface area (Å²) in [4.78, 5) is 38.3. The molecule has 9 nitrogen and oxygen atoms in total. The van der Waals surface area contributed by atoms with Crippen molar-refractivity contribution in [3.05, 3.63) is 35.5 Å². The van der Waals surface area contributed by atoms with E-state index in [1.807, 2.05) is 43.0 Å². The lowest BCUT2D eigenvalue weighted by atomic mass is 10.0. The molecule has 0 radical (unpaired) electrons. The first kappa shape index (κ1) is 23.0. The highest BCUT2D eigenvalue weighted by atomic mass is 16.5. The van der Waals surface area contributed by atoms with Crippen molar-refractivity contribution >= 4 is 23.4 Å². The maximum absolute atomic E-state index is 12.5. The summed E-state index contributed by atoms with van der Waals surface area (Å²) in [5.74, 6) is 1.76. The summed E-state index contributed by atoms with van der Waals surface area (Å²) < 4.78 is 5.54. The monoisotopic (exact) mass is 452 g/mol. The summed E-state index contributed by atoms with van der Waals surface area (Å²) >= 11 is 0. The molecule has 0 aliphatic carbocycles. The standard InChI is InChI=1S/C24H32N6O3/c1-3-5-21(31)30-11-10-19-20(16-30)27-22(28-23(19)29-12-14-33-15-13-29)17-6-8-18(9-7-17)26-24(32)25-4-2/h6-9H,3-5,10-16H2,1-2H3,(H2,25,26,32). The number of ether oxygens (including phenoxy) is 1. The molecular formula is C24H32N6O3. The molecule has 9 heteroatoms. The van der Waals surface area contributed by atoms with E-state index >= 15 is 0 Å². The normalized spacial score (nSPS) is 15.7. The van der Waals surface area contributed by atoms with Crippen molar-refractivity contribution in [3.8, 4) is 11.4 Å². The van der Waals surface area contributed by atoms with Gasteiger partial charge in [-0.3, -0.25) is 4.79 Å². The molecule has 2 N–H and O–H groups in total. The molecule has 0 unspecified atom stereocenters. The number of carbonyl (C=O) groups excluding carboxylic acids is 2. The number of morpholine rings is 1. The molecule has 1 aromatic heterocycles. The van der Waals surface area contributed by atoms with E-state index in [0.717, 1.165) is 48.6 Å². The quantitative estimate of drug-likeness (QED) is 0.699. The van der Waals surface area contributed by atoms with Gasteiger partial charge in [-0.1, -0.05) is 6.92 Å². The highest BCUT2D eigenvalue weighted by molar-refractivity contribution is 5.89. The Morgan fingerprint density at radius 1 is 1.06 bits per heavy atom. The zero-order valence-corrected chi connectivity index (χ0v) is 19.4. The smallest absolute Gasteiger partial charge is 0.319 e. The van der Waals surface area contributed by atoms with E-state index in [2.05, 4.69) is 15.5 Å². The van der Waals surface area contributed by atoms with Crippen LogP contribution in [-0.4, -0.2) is 66.2 Å². The van der Waals surface area contributed by atoms with Crippen LogP contribution in [0.25, 0.3) is 11.4 Å². The van der Waals surface area contributed by atoms with E-state index in [9.17, 15) is 9.59 Å². The van der Waals surface area contributed by atoms with Crippen molar-refractivity contribution in [2.24, 2.45) is 0 Å². The van der Waals surface area contributed by atoms with Crippen molar-refractivity contribution in [2.75, 3.05) is 49.6 Å². The Hall–Kier alpha value is -3.20. The summed E-state index contributed by atoms with van der Waals surface area (Å²) in [6.45, 7) is 8.60. The molecule has 0 saturated carbocycles. The number of anilines is 2. The number of hydrogen-bond acceptors (Lipinski definition) is 6. The Labute approximate surface area is 194 Å². The average Bonchev–Trinajstić information content (AvgIpc) is 2.84. The van der Waals surface area contributed by atoms with E-state index in [-0.39, 0.29) is 11.9 Å². The molecule has 3 amide bonds. The van der Waals surface area contributed by atoms with Crippen LogP contribution in [-0.2, 0) is 22.5 Å². The number of fused-ring (bicyclic) bond motifs is 1. The van der Waals surface area contributed by atoms with E-state index in [1.54, 1.807) is 0 Å². The van der Waals surface area contributed by atoms with Crippen LogP contribution < -0.4 is 15.5 Å². The molecular weight excluding hydrogens is 420 g/mol. The Morgan fingerprint density at radius 2 is 1.82 bits per heavy atom. The third-order valence-electron chi connectivity index (χ3n) is 5.91. The molecule has 3 heterocycles. The van der Waals surface area contributed by atoms with Crippen LogP contribution in [0.1, 0.15) is 37.9 Å². The summed E-state index contributed by atoms with van der Waals surface area (Å²) in [6.07, 6.45) is 2.16. The van der Waals surface area contributed by atoms with Crippen molar-refractivity contribution in [2.45, 2.75) is 39.7 Å². The van der Waals surface area contributed by atoms with Gasteiger partial charge in [0.25, 0.3) is 0 Å². The fourth-order valence-corrected chi connectivity index (χ4v) is 4.20. The van der Waals surface area contributed by atoms with Gasteiger partial charge in [-0.25, -0.2) is 14.8 Å². The second-order valence-corrected chi connectivity index (χ2v) is 8.27. The molecule has 0 atom stereocenters. The van der Waals surface area contributed by atoms with Gasteiger partial charge in [-0.2, -0.15) is 0 Å². The number of benzene rings is 1. The summed E-state index contributed by atoms with van der Waals surface area (Å²) in [7, 11) is 0. The molecule has 2 aliphatic rings. The third kappa shape index (κ3) is 5.42. The maximum atomic E-state index is 12.5. The highest BCUT2D eigenvalue weighted by Crippen LogP contribution is 2.30. The number of rotatable bonds is 6. The average molecular weight is 453 g/mol. The first-order valence-electron chi connectivity index (χ1n) is 11.7. The first-order valence-corrected chi connectivity index (χ1v) is 11.7. The minimum Gasteiger partial charge on any atom is -0.378 e. The molecule has 1 aromatic carbocycles. The van der Waals surface area contributed by atoms with Crippen LogP contribution in [0.2, 0.25) is 0 Å². The Bertz CT molecular complexity index is 988. The topological polar surface area (TPSA) is 99.7 Å². The number of urea groups is 1. The molecule has 0 spiro atoms. The molecule has 33 heavy (non-hydrogen) atoms. The van der Waals surface area contributed by atoms with Crippen molar-refractivity contribution < 1.29 is 14.3 Å². The van der Waals surface area contributed by atoms with Crippen molar-refractivity contribution in [1.29, 1.82) is 0 Å². The van der Waals surface area contributed by atoms with Gasteiger partial charge in [0.15, 0.2) is 5.82 Å². The zero-order valence-electron chi connectivity index (χ0n) is 19.4. The Balaban J connectivity index is 1.64. The lowest BCUT2D eigenvalue weighted by Gasteiger charge is -2.34. The van der Waals surface area contributed by atoms with Gasteiger partial charge < -0.3 is 25.2 Å². The van der Waals surface area contributed by atoms with E-state index in [0.29, 0.717) is 50.8 Å². The SMILES string of the molecule is CCCC(=O)N1CCc2c(nc(-c3ccc(NC(=O)NCC)cc3)nc2N2CCOCC2)C1. The number of carbonyl (C=O) groups is 2. The molecule has 1 fully saturated rings. The number of nitrogens with zero attached hydrogens (tertiary/aromatic N) is 4. The second kappa shape index (κ2) is 10.6. The fourth-order valence-electron chi connectivity index (χ4n) is 4.20. The van der Waals surface area contributed by atoms with Crippen molar-refractivity contribution in [1.82, 2.24) is 20.2 Å². The lowest BCUT2D eigenvalue weighted by molar-refractivity contribution is -0.132. The third-order valence-corrected chi connectivity index (χ3v) is 5.91. The van der Waals surface area contributed by atoms with Crippen LogP contribution in [0.4, 0.5) is 16.3 Å². The van der Waals surface area contributed by atoms with Gasteiger partial charge in [0.05, 0.1) is 25.5 Å². The lowest BCUT2D eigenvalue weighted by Crippen LogP contribution is -2.40. The van der Waals surface area contributed by atoms with Crippen molar-refractivity contribution in [3.63, 3.8) is 0 Å². The predicted molar refractivity (Wildman–Crippen MR) is 127 cm³/mol. The molecule has 176 valence electrons. The van der Waals surface area contributed by atoms with E-state index in [4.69, 9.17) is 14.7 Å². The summed E-state index contributed by atoms with van der Waals surface area (Å²) in [5, 5.41) is 5.53. The number of amides is 3. The minimum absolute atomic E-state index is 0.178. The van der Waals surface area contributed by atoms with Gasteiger partial charge in [0.1, 0.15) is 5.82 Å². The van der Waals surface area contributed by atoms with Crippen LogP contribution in [0, 0.1) is 0 Å². The molecule has 2 aliphatic heterocycles. The van der Waals surface area contributed by atoms with E-state index < -0.39 is 0 Å². The summed E-state index contributed by atoms with van der Waals surface area (Å²) in [5.41, 5.74) is 3.62. The number of hydrogen-bond donors (Lipinski definition) is 2. The Kier molecular flexibility index (Phi) is 7.39. The van der Waals surface area contributed by atoms with Gasteiger partial charge in [0.2, 0.25) is 5.91 Å². The zero-order chi connectivity index (χ0) is 23.2. The minimum atomic E-state index is -0.235. The second-order valence-electron chi connectivity index (χ2n) is 8.27. The molecule has 0 bridgehead atoms. The van der Waals surface area contributed by atoms with E-state index in [1.165, 1.54) is 0 Å². The first-order chi connectivity index (χ1) is 16.1. The molecule has 1 saturated heterocycles. The van der Waals surface area contributed by atoms with Gasteiger partial charge in [-0.15, -0.1) is 0 Å². The predicted octanol–water partition coefficient (Wildman–Crippen LogP) is 2.81. The maximum Gasteiger partial charge on any atom is 0.319 e. The summed E-state index contributed by atoms with van der Waals surface area (Å²) in [6, 6.07) is 7.28. The number of aromatic nitrogens is 2.